The Kier molecular flexibility index (Phi) is 7.12. The monoisotopic (exact) mass is 503 g/mol. The molecule has 0 spiro atoms. The van der Waals surface area contributed by atoms with Gasteiger partial charge in [0.1, 0.15) is 0 Å². The van der Waals surface area contributed by atoms with Gasteiger partial charge in [-0.2, -0.15) is 0 Å². The molecule has 0 aliphatic carbocycles. The Morgan fingerprint density at radius 3 is 2.42 bits per heavy atom. The van der Waals surface area contributed by atoms with E-state index in [0.29, 0.717) is 5.69 Å². The molecule has 3 aromatic rings. The van der Waals surface area contributed by atoms with E-state index >= 15 is 0 Å². The predicted molar refractivity (Wildman–Crippen MR) is 124 cm³/mol. The average molecular weight is 504 g/mol. The molecule has 0 heterocycles. The fourth-order valence-corrected chi connectivity index (χ4v) is 4.73. The second kappa shape index (κ2) is 9.62. The minimum absolute atomic E-state index is 0.151. The Bertz CT molecular complexity index is 1250. The minimum atomic E-state index is -3.65. The first-order valence-electron chi connectivity index (χ1n) is 9.59. The summed E-state index contributed by atoms with van der Waals surface area (Å²) in [6, 6.07) is 16.0. The van der Waals surface area contributed by atoms with Crippen molar-refractivity contribution >= 4 is 54.1 Å². The van der Waals surface area contributed by atoms with Gasteiger partial charge >= 0.3 is 5.97 Å². The molecule has 0 atom stereocenters. The van der Waals surface area contributed by atoms with Gasteiger partial charge in [0.15, 0.2) is 16.4 Å². The van der Waals surface area contributed by atoms with Gasteiger partial charge in [-0.1, -0.05) is 46.3 Å². The van der Waals surface area contributed by atoms with Crippen LogP contribution in [0, 0.1) is 13.8 Å². The summed E-state index contributed by atoms with van der Waals surface area (Å²) < 4.78 is 31.0. The second-order valence-electron chi connectivity index (χ2n) is 7.20. The van der Waals surface area contributed by atoms with Gasteiger partial charge in [0.2, 0.25) is 0 Å². The number of halogens is 1. The fourth-order valence-electron chi connectivity index (χ4n) is 3.02. The van der Waals surface area contributed by atoms with E-state index < -0.39 is 34.1 Å². The lowest BCUT2D eigenvalue weighted by Crippen LogP contribution is -2.22. The number of amides is 1. The van der Waals surface area contributed by atoms with E-state index in [1.54, 1.807) is 12.1 Å². The van der Waals surface area contributed by atoms with Crippen LogP contribution in [0.1, 0.15) is 17.5 Å². The number of fused-ring (bicyclic) bond motifs is 1. The second-order valence-corrected chi connectivity index (χ2v) is 10.2. The highest BCUT2D eigenvalue weighted by atomic mass is 79.9. The lowest BCUT2D eigenvalue weighted by atomic mass is 10.1. The summed E-state index contributed by atoms with van der Waals surface area (Å²) in [5, 5.41) is 4.43. The number of aryl methyl sites for hydroxylation is 2. The molecule has 162 valence electrons. The maximum atomic E-state index is 12.6. The van der Waals surface area contributed by atoms with E-state index in [1.807, 2.05) is 50.2 Å². The van der Waals surface area contributed by atoms with Crippen LogP contribution in [0.25, 0.3) is 10.8 Å². The zero-order chi connectivity index (χ0) is 22.6. The lowest BCUT2D eigenvalue weighted by Gasteiger charge is -2.11. The molecule has 0 aliphatic heterocycles. The first-order chi connectivity index (χ1) is 14.7. The average Bonchev–Trinajstić information content (AvgIpc) is 2.74. The van der Waals surface area contributed by atoms with Gasteiger partial charge in [-0.25, -0.2) is 8.42 Å². The van der Waals surface area contributed by atoms with Crippen molar-refractivity contribution in [1.82, 2.24) is 0 Å². The van der Waals surface area contributed by atoms with Gasteiger partial charge in [-0.05, 0) is 60.0 Å². The van der Waals surface area contributed by atoms with E-state index in [1.165, 1.54) is 6.07 Å². The van der Waals surface area contributed by atoms with Crippen molar-refractivity contribution in [2.75, 3.05) is 17.7 Å². The summed E-state index contributed by atoms with van der Waals surface area (Å²) in [7, 11) is -3.65. The van der Waals surface area contributed by atoms with Crippen LogP contribution in [0.15, 0.2) is 64.0 Å². The summed E-state index contributed by atoms with van der Waals surface area (Å²) in [5.74, 6) is -1.63. The summed E-state index contributed by atoms with van der Waals surface area (Å²) in [5.41, 5.74) is 2.44. The third kappa shape index (κ3) is 5.92. The van der Waals surface area contributed by atoms with Crippen LogP contribution in [0.4, 0.5) is 5.69 Å². The SMILES string of the molecule is Cc1cc(NC(=O)COC(=O)CCS(=O)(=O)c2ccc3ccccc3c2)c(C)cc1Br. The Morgan fingerprint density at radius 1 is 0.968 bits per heavy atom. The predicted octanol–water partition coefficient (Wildman–Crippen LogP) is 4.56. The zero-order valence-electron chi connectivity index (χ0n) is 17.1. The van der Waals surface area contributed by atoms with E-state index in [-0.39, 0.29) is 11.3 Å². The van der Waals surface area contributed by atoms with Crippen LogP contribution in [0.2, 0.25) is 0 Å². The lowest BCUT2D eigenvalue weighted by molar-refractivity contribution is -0.146. The maximum absolute atomic E-state index is 12.6. The molecule has 6 nitrogen and oxygen atoms in total. The van der Waals surface area contributed by atoms with Crippen LogP contribution in [-0.4, -0.2) is 32.7 Å². The van der Waals surface area contributed by atoms with Crippen molar-refractivity contribution in [3.05, 3.63) is 70.2 Å². The molecule has 0 radical (unpaired) electrons. The van der Waals surface area contributed by atoms with Gasteiger partial charge in [-0.3, -0.25) is 9.59 Å². The van der Waals surface area contributed by atoms with Crippen molar-refractivity contribution < 1.29 is 22.7 Å². The first-order valence-corrected chi connectivity index (χ1v) is 12.0. The molecule has 3 rings (SSSR count). The molecule has 0 aliphatic rings. The minimum Gasteiger partial charge on any atom is -0.456 e. The van der Waals surface area contributed by atoms with Gasteiger partial charge in [0.25, 0.3) is 5.91 Å². The van der Waals surface area contributed by atoms with Gasteiger partial charge < -0.3 is 10.1 Å². The number of carbonyl (C=O) groups is 2. The number of nitrogens with one attached hydrogen (secondary N) is 1. The van der Waals surface area contributed by atoms with Gasteiger partial charge in [0.05, 0.1) is 17.1 Å². The van der Waals surface area contributed by atoms with Gasteiger partial charge in [-0.15, -0.1) is 0 Å². The molecule has 1 N–H and O–H groups in total. The summed E-state index contributed by atoms with van der Waals surface area (Å²) in [6.07, 6.45) is -0.334. The summed E-state index contributed by atoms with van der Waals surface area (Å²) in [6.45, 7) is 3.27. The standard InChI is InChI=1S/C23H22BrNO5S/c1-15-12-21(16(2)11-20(15)24)25-22(26)14-30-23(27)9-10-31(28,29)19-8-7-17-5-3-4-6-18(17)13-19/h3-8,11-13H,9-10,14H2,1-2H3,(H,25,26). The Labute approximate surface area is 189 Å². The largest absolute Gasteiger partial charge is 0.456 e. The molecule has 8 heteroatoms. The van der Waals surface area contributed by atoms with E-state index in [4.69, 9.17) is 4.74 Å². The molecule has 3 aromatic carbocycles. The third-order valence-corrected chi connectivity index (χ3v) is 7.37. The highest BCUT2D eigenvalue weighted by molar-refractivity contribution is 9.10. The molecular weight excluding hydrogens is 482 g/mol. The Hall–Kier alpha value is -2.71. The van der Waals surface area contributed by atoms with Crippen LogP contribution in [-0.2, 0) is 24.2 Å². The number of sulfone groups is 1. The molecule has 0 unspecified atom stereocenters. The molecule has 0 aromatic heterocycles. The molecule has 0 fully saturated rings. The summed E-state index contributed by atoms with van der Waals surface area (Å²) in [4.78, 5) is 24.2. The molecule has 0 bridgehead atoms. The topological polar surface area (TPSA) is 89.5 Å². The maximum Gasteiger partial charge on any atom is 0.307 e. The number of rotatable bonds is 7. The first kappa shape index (κ1) is 23.0. The van der Waals surface area contributed by atoms with E-state index in [0.717, 1.165) is 26.4 Å². The van der Waals surface area contributed by atoms with Crippen molar-refractivity contribution in [1.29, 1.82) is 0 Å². The van der Waals surface area contributed by atoms with E-state index in [9.17, 15) is 18.0 Å². The van der Waals surface area contributed by atoms with Crippen molar-refractivity contribution in [2.24, 2.45) is 0 Å². The van der Waals surface area contributed by atoms with Crippen molar-refractivity contribution in [3.8, 4) is 0 Å². The van der Waals surface area contributed by atoms with Crippen LogP contribution in [0.5, 0.6) is 0 Å². The number of hydrogen-bond donors (Lipinski definition) is 1. The van der Waals surface area contributed by atoms with Gasteiger partial charge in [0, 0.05) is 10.2 Å². The summed E-state index contributed by atoms with van der Waals surface area (Å²) >= 11 is 3.43. The van der Waals surface area contributed by atoms with E-state index in [2.05, 4.69) is 21.2 Å². The molecular formula is C23H22BrNO5S. The normalized spacial score (nSPS) is 11.3. The third-order valence-electron chi connectivity index (χ3n) is 4.80. The fraction of sp³-hybridized carbons (Fsp3) is 0.217. The number of benzene rings is 3. The number of esters is 1. The smallest absolute Gasteiger partial charge is 0.307 e. The van der Waals surface area contributed by atoms with Crippen LogP contribution in [0.3, 0.4) is 0 Å². The Balaban J connectivity index is 1.53. The number of anilines is 1. The molecule has 0 saturated heterocycles. The molecule has 31 heavy (non-hydrogen) atoms. The Morgan fingerprint density at radius 2 is 1.68 bits per heavy atom. The number of hydrogen-bond acceptors (Lipinski definition) is 5. The zero-order valence-corrected chi connectivity index (χ0v) is 19.5. The molecule has 1 amide bonds. The van der Waals surface area contributed by atoms with Crippen LogP contribution < -0.4 is 5.32 Å². The molecule has 0 saturated carbocycles. The van der Waals surface area contributed by atoms with Crippen molar-refractivity contribution in [3.63, 3.8) is 0 Å². The van der Waals surface area contributed by atoms with Crippen molar-refractivity contribution in [2.45, 2.75) is 25.2 Å². The van der Waals surface area contributed by atoms with Crippen LogP contribution >= 0.6 is 15.9 Å². The number of ether oxygens (including phenoxy) is 1. The highest BCUT2D eigenvalue weighted by Crippen LogP contribution is 2.24. The number of carbonyl (C=O) groups excluding carboxylic acids is 2. The highest BCUT2D eigenvalue weighted by Gasteiger charge is 2.18. The quantitative estimate of drug-likeness (QED) is 0.477.